The molecule has 0 spiro atoms. The SMILES string of the molecule is [C-]#[N+]/C(C#N)=C1\C(=C\c2cc3sc4cc(-c5ccc(N(C)C)cc5C)sc4c3s2)C(=O)c2cc(F)c(F)cc21. The van der Waals surface area contributed by atoms with E-state index in [0.29, 0.717) is 0 Å². The monoisotopic (exact) mass is 569 g/mol. The van der Waals surface area contributed by atoms with Crippen molar-refractivity contribution in [2.75, 3.05) is 19.0 Å². The summed E-state index contributed by atoms with van der Waals surface area (Å²) in [6.45, 7) is 9.52. The van der Waals surface area contributed by atoms with Crippen molar-refractivity contribution >= 4 is 75.9 Å². The van der Waals surface area contributed by atoms with E-state index in [1.807, 2.05) is 20.2 Å². The van der Waals surface area contributed by atoms with E-state index in [4.69, 9.17) is 6.57 Å². The first-order valence-electron chi connectivity index (χ1n) is 11.7. The molecule has 1 aliphatic rings. The van der Waals surface area contributed by atoms with E-state index in [0.717, 1.165) is 36.8 Å². The molecule has 0 unspecified atom stereocenters. The molecule has 190 valence electrons. The fraction of sp³-hybridized carbons (Fsp3) is 0.100. The summed E-state index contributed by atoms with van der Waals surface area (Å²) < 4.78 is 32.5. The maximum absolute atomic E-state index is 14.1. The van der Waals surface area contributed by atoms with Gasteiger partial charge < -0.3 is 4.90 Å². The fourth-order valence-electron chi connectivity index (χ4n) is 4.78. The van der Waals surface area contributed by atoms with E-state index < -0.39 is 17.4 Å². The van der Waals surface area contributed by atoms with Crippen molar-refractivity contribution in [1.82, 2.24) is 0 Å². The number of hydrogen-bond acceptors (Lipinski definition) is 6. The second-order valence-corrected chi connectivity index (χ2v) is 12.5. The van der Waals surface area contributed by atoms with E-state index in [1.54, 1.807) is 34.8 Å². The molecule has 3 heterocycles. The lowest BCUT2D eigenvalue weighted by atomic mass is 10.0. The van der Waals surface area contributed by atoms with Gasteiger partial charge in [0.15, 0.2) is 17.4 Å². The van der Waals surface area contributed by atoms with Crippen molar-refractivity contribution in [3.8, 4) is 16.5 Å². The molecule has 39 heavy (non-hydrogen) atoms. The van der Waals surface area contributed by atoms with E-state index in [2.05, 4.69) is 40.9 Å². The number of carbonyl (C=O) groups is 1. The van der Waals surface area contributed by atoms with Crippen molar-refractivity contribution in [3.05, 3.63) is 98.4 Å². The number of rotatable bonds is 3. The van der Waals surface area contributed by atoms with Gasteiger partial charge in [0.2, 0.25) is 0 Å². The minimum Gasteiger partial charge on any atom is -0.378 e. The highest BCUT2D eigenvalue weighted by Crippen LogP contribution is 2.48. The van der Waals surface area contributed by atoms with Crippen LogP contribution in [0.4, 0.5) is 14.5 Å². The van der Waals surface area contributed by atoms with Crippen LogP contribution in [0.1, 0.15) is 26.4 Å². The molecule has 0 aliphatic heterocycles. The van der Waals surface area contributed by atoms with Gasteiger partial charge in [0, 0.05) is 55.6 Å². The minimum absolute atomic E-state index is 0.0448. The number of ketones is 1. The molecule has 0 atom stereocenters. The number of halogens is 2. The smallest absolute Gasteiger partial charge is 0.270 e. The largest absolute Gasteiger partial charge is 0.378 e. The van der Waals surface area contributed by atoms with Crippen LogP contribution in [-0.4, -0.2) is 19.9 Å². The maximum Gasteiger partial charge on any atom is 0.270 e. The minimum atomic E-state index is -1.15. The third kappa shape index (κ3) is 3.98. The Kier molecular flexibility index (Phi) is 5.96. The summed E-state index contributed by atoms with van der Waals surface area (Å²) in [6.07, 6.45) is 1.62. The number of carbonyl (C=O) groups excluding carboxylic acids is 1. The molecule has 0 fully saturated rings. The number of allylic oxidation sites excluding steroid dienone is 3. The van der Waals surface area contributed by atoms with Crippen LogP contribution < -0.4 is 4.90 Å². The molecule has 4 nitrogen and oxygen atoms in total. The summed E-state index contributed by atoms with van der Waals surface area (Å²) in [5, 5.41) is 9.54. The van der Waals surface area contributed by atoms with Crippen LogP contribution in [0.2, 0.25) is 0 Å². The Morgan fingerprint density at radius 2 is 1.67 bits per heavy atom. The average molecular weight is 570 g/mol. The molecule has 0 bridgehead atoms. The van der Waals surface area contributed by atoms with Crippen LogP contribution in [0.25, 0.3) is 45.7 Å². The highest BCUT2D eigenvalue weighted by molar-refractivity contribution is 7.39. The van der Waals surface area contributed by atoms with Crippen LogP contribution in [0.5, 0.6) is 0 Å². The Bertz CT molecular complexity index is 2010. The second kappa shape index (κ2) is 9.25. The van der Waals surface area contributed by atoms with E-state index >= 15 is 0 Å². The molecule has 5 aromatic rings. The zero-order valence-electron chi connectivity index (χ0n) is 20.8. The van der Waals surface area contributed by atoms with Crippen molar-refractivity contribution in [3.63, 3.8) is 0 Å². The molecule has 0 saturated carbocycles. The lowest BCUT2D eigenvalue weighted by Crippen LogP contribution is -2.08. The lowest BCUT2D eigenvalue weighted by molar-refractivity contribution is 0.104. The zero-order chi connectivity index (χ0) is 27.6. The number of hydrogen-bond donors (Lipinski definition) is 0. The fourth-order valence-corrected chi connectivity index (χ4v) is 8.84. The number of nitrogens with zero attached hydrogens (tertiary/aromatic N) is 3. The quantitative estimate of drug-likeness (QED) is 0.124. The highest BCUT2D eigenvalue weighted by Gasteiger charge is 2.34. The third-order valence-corrected chi connectivity index (χ3v) is 10.4. The van der Waals surface area contributed by atoms with Gasteiger partial charge in [-0.1, -0.05) is 6.07 Å². The molecular formula is C30H17F2N3OS3. The van der Waals surface area contributed by atoms with Crippen molar-refractivity contribution in [2.24, 2.45) is 0 Å². The van der Waals surface area contributed by atoms with Gasteiger partial charge in [-0.3, -0.25) is 4.79 Å². The van der Waals surface area contributed by atoms with Crippen molar-refractivity contribution in [1.29, 1.82) is 5.26 Å². The molecule has 6 rings (SSSR count). The van der Waals surface area contributed by atoms with Crippen molar-refractivity contribution in [2.45, 2.75) is 6.92 Å². The third-order valence-electron chi connectivity index (χ3n) is 6.66. The van der Waals surface area contributed by atoms with Crippen molar-refractivity contribution < 1.29 is 13.6 Å². The number of Topliss-reactive ketones (excluding diaryl/α,β-unsaturated/α-hetero) is 1. The summed E-state index contributed by atoms with van der Waals surface area (Å²) in [5.41, 5.74) is 3.35. The summed E-state index contributed by atoms with van der Waals surface area (Å²) in [7, 11) is 4.04. The van der Waals surface area contributed by atoms with Gasteiger partial charge in [0.1, 0.15) is 0 Å². The summed E-state index contributed by atoms with van der Waals surface area (Å²) in [5.74, 6) is -2.82. The molecule has 0 N–H and O–H groups in total. The Balaban J connectivity index is 1.46. The van der Waals surface area contributed by atoms with Crippen LogP contribution in [-0.2, 0) is 0 Å². The Labute approximate surface area is 234 Å². The van der Waals surface area contributed by atoms with Gasteiger partial charge in [0.25, 0.3) is 5.70 Å². The number of anilines is 1. The Morgan fingerprint density at radius 3 is 2.33 bits per heavy atom. The van der Waals surface area contributed by atoms with Gasteiger partial charge in [-0.15, -0.1) is 34.0 Å². The highest BCUT2D eigenvalue weighted by atomic mass is 32.1. The molecule has 9 heteroatoms. The topological polar surface area (TPSA) is 48.5 Å². The van der Waals surface area contributed by atoms with E-state index in [-0.39, 0.29) is 28.0 Å². The van der Waals surface area contributed by atoms with Crippen LogP contribution in [0.15, 0.2) is 53.7 Å². The Morgan fingerprint density at radius 1 is 0.974 bits per heavy atom. The van der Waals surface area contributed by atoms with Gasteiger partial charge in [-0.25, -0.2) is 18.9 Å². The number of nitriles is 1. The number of benzene rings is 2. The molecule has 2 aromatic carbocycles. The predicted octanol–water partition coefficient (Wildman–Crippen LogP) is 8.93. The van der Waals surface area contributed by atoms with Gasteiger partial charge in [0.05, 0.1) is 22.0 Å². The summed E-state index contributed by atoms with van der Waals surface area (Å²) >= 11 is 4.90. The zero-order valence-corrected chi connectivity index (χ0v) is 23.3. The van der Waals surface area contributed by atoms with Crippen LogP contribution >= 0.6 is 34.0 Å². The van der Waals surface area contributed by atoms with Crippen LogP contribution in [0, 0.1) is 36.5 Å². The first kappa shape index (κ1) is 25.1. The molecule has 0 radical (unpaired) electrons. The number of fused-ring (bicyclic) bond motifs is 4. The molecule has 0 saturated heterocycles. The van der Waals surface area contributed by atoms with Crippen LogP contribution in [0.3, 0.4) is 0 Å². The first-order chi connectivity index (χ1) is 18.7. The van der Waals surface area contributed by atoms with Gasteiger partial charge in [-0.05, 0) is 66.1 Å². The summed E-state index contributed by atoms with van der Waals surface area (Å²) in [4.78, 5) is 20.5. The molecular weight excluding hydrogens is 553 g/mol. The number of thiophene rings is 3. The summed E-state index contributed by atoms with van der Waals surface area (Å²) in [6, 6.07) is 14.1. The lowest BCUT2D eigenvalue weighted by Gasteiger charge is -2.14. The maximum atomic E-state index is 14.1. The predicted molar refractivity (Wildman–Crippen MR) is 157 cm³/mol. The Hall–Kier alpha value is -4.15. The van der Waals surface area contributed by atoms with Gasteiger partial charge >= 0.3 is 0 Å². The van der Waals surface area contributed by atoms with E-state index in [9.17, 15) is 18.8 Å². The molecule has 0 amide bonds. The standard InChI is InChI=1S/C30H17F2N3OS3/c1-14-7-15(35(3)4)5-6-17(14)24-12-26-30(39-24)29-25(38-26)9-16(37-29)8-20-27(23(13-33)34-2)18-10-21(31)22(32)11-19(18)28(20)36/h5-12H,1,3-4H3/b20-8-,27-23-. The first-order valence-corrected chi connectivity index (χ1v) is 14.2. The normalized spacial score (nSPS) is 15.2. The second-order valence-electron chi connectivity index (χ2n) is 9.29. The van der Waals surface area contributed by atoms with Gasteiger partial charge in [-0.2, -0.15) is 0 Å². The molecule has 1 aliphatic carbocycles. The average Bonchev–Trinajstić information content (AvgIpc) is 3.62. The van der Waals surface area contributed by atoms with E-state index in [1.165, 1.54) is 32.0 Å². The number of aryl methyl sites for hydroxylation is 1. The molecule has 3 aromatic heterocycles.